The molecule has 1 aliphatic carbocycles. The number of rotatable bonds is 7. The summed E-state index contributed by atoms with van der Waals surface area (Å²) in [5, 5.41) is 0. The standard InChI is InChI=1S/C22H19F3O4/c1-27-19-7-2-15(3-8-19)14-28-21-11-6-17(12-18(21)13-26)16-4-9-20(10-5-16)29-22(23,24)25/h2-11,13,18H,12,14H2,1H3. The van der Waals surface area contributed by atoms with E-state index >= 15 is 0 Å². The maximum atomic E-state index is 12.3. The number of methoxy groups -OCH3 is 1. The van der Waals surface area contributed by atoms with Gasteiger partial charge in [-0.2, -0.15) is 0 Å². The van der Waals surface area contributed by atoms with E-state index in [2.05, 4.69) is 4.74 Å². The lowest BCUT2D eigenvalue weighted by atomic mass is 9.89. The molecule has 1 unspecified atom stereocenters. The molecule has 0 radical (unpaired) electrons. The van der Waals surface area contributed by atoms with Crippen molar-refractivity contribution in [1.82, 2.24) is 0 Å². The van der Waals surface area contributed by atoms with Crippen molar-refractivity contribution in [3.8, 4) is 11.5 Å². The van der Waals surface area contributed by atoms with E-state index in [1.54, 1.807) is 13.2 Å². The third-order valence-electron chi connectivity index (χ3n) is 4.44. The van der Waals surface area contributed by atoms with Gasteiger partial charge < -0.3 is 19.0 Å². The third kappa shape index (κ3) is 5.63. The average molecular weight is 404 g/mol. The van der Waals surface area contributed by atoms with Gasteiger partial charge in [0.15, 0.2) is 0 Å². The molecule has 7 heteroatoms. The lowest BCUT2D eigenvalue weighted by Gasteiger charge is -2.22. The van der Waals surface area contributed by atoms with Gasteiger partial charge in [-0.05, 0) is 53.5 Å². The highest BCUT2D eigenvalue weighted by Gasteiger charge is 2.31. The molecule has 0 saturated carbocycles. The van der Waals surface area contributed by atoms with E-state index in [0.29, 0.717) is 18.8 Å². The van der Waals surface area contributed by atoms with Crippen LogP contribution in [0.25, 0.3) is 5.57 Å². The number of hydrogen-bond acceptors (Lipinski definition) is 4. The van der Waals surface area contributed by atoms with Crippen molar-refractivity contribution < 1.29 is 32.2 Å². The molecule has 0 bridgehead atoms. The first-order valence-corrected chi connectivity index (χ1v) is 8.86. The van der Waals surface area contributed by atoms with E-state index in [-0.39, 0.29) is 5.75 Å². The second-order valence-electron chi connectivity index (χ2n) is 6.42. The largest absolute Gasteiger partial charge is 0.573 e. The van der Waals surface area contributed by atoms with Crippen LogP contribution >= 0.6 is 0 Å². The maximum absolute atomic E-state index is 12.3. The van der Waals surface area contributed by atoms with Crippen molar-refractivity contribution in [2.45, 2.75) is 19.4 Å². The van der Waals surface area contributed by atoms with E-state index in [9.17, 15) is 18.0 Å². The highest BCUT2D eigenvalue weighted by Crippen LogP contribution is 2.33. The maximum Gasteiger partial charge on any atom is 0.573 e. The summed E-state index contributed by atoms with van der Waals surface area (Å²) in [5.41, 5.74) is 2.49. The van der Waals surface area contributed by atoms with Gasteiger partial charge >= 0.3 is 6.36 Å². The molecule has 2 aromatic rings. The molecular weight excluding hydrogens is 385 g/mol. The number of benzene rings is 2. The smallest absolute Gasteiger partial charge is 0.497 e. The summed E-state index contributed by atoms with van der Waals surface area (Å²) in [4.78, 5) is 11.5. The molecule has 1 aliphatic rings. The van der Waals surface area contributed by atoms with Gasteiger partial charge in [0.2, 0.25) is 0 Å². The van der Waals surface area contributed by atoms with Crippen LogP contribution in [0.4, 0.5) is 13.2 Å². The van der Waals surface area contributed by atoms with Crippen LogP contribution in [0.2, 0.25) is 0 Å². The summed E-state index contributed by atoms with van der Waals surface area (Å²) < 4.78 is 51.6. The number of halogens is 3. The first-order valence-electron chi connectivity index (χ1n) is 8.86. The molecule has 0 aliphatic heterocycles. The molecule has 0 fully saturated rings. The van der Waals surface area contributed by atoms with Crippen molar-refractivity contribution in [1.29, 1.82) is 0 Å². The minimum atomic E-state index is -4.73. The van der Waals surface area contributed by atoms with Crippen LogP contribution in [0.1, 0.15) is 17.5 Å². The Morgan fingerprint density at radius 3 is 2.24 bits per heavy atom. The Kier molecular flexibility index (Phi) is 6.26. The van der Waals surface area contributed by atoms with Crippen molar-refractivity contribution in [3.05, 3.63) is 77.6 Å². The molecule has 0 spiro atoms. The SMILES string of the molecule is COc1ccc(COC2=CC=C(c3ccc(OC(F)(F)F)cc3)CC2C=O)cc1. The Balaban J connectivity index is 1.68. The number of ether oxygens (including phenoxy) is 3. The van der Waals surface area contributed by atoms with Gasteiger partial charge in [-0.1, -0.05) is 30.3 Å². The van der Waals surface area contributed by atoms with Gasteiger partial charge in [-0.25, -0.2) is 0 Å². The second kappa shape index (κ2) is 8.86. The van der Waals surface area contributed by atoms with E-state index in [0.717, 1.165) is 28.7 Å². The topological polar surface area (TPSA) is 44.8 Å². The number of carbonyl (C=O) groups excluding carboxylic acids is 1. The van der Waals surface area contributed by atoms with Gasteiger partial charge in [0.1, 0.15) is 30.2 Å². The lowest BCUT2D eigenvalue weighted by Crippen LogP contribution is -2.17. The molecule has 0 N–H and O–H groups in total. The van der Waals surface area contributed by atoms with Crippen molar-refractivity contribution >= 4 is 11.9 Å². The first-order chi connectivity index (χ1) is 13.9. The molecule has 152 valence electrons. The fourth-order valence-corrected chi connectivity index (χ4v) is 2.96. The minimum Gasteiger partial charge on any atom is -0.497 e. The number of carbonyl (C=O) groups is 1. The first kappa shape index (κ1) is 20.5. The van der Waals surface area contributed by atoms with E-state index < -0.39 is 12.3 Å². The summed E-state index contributed by atoms with van der Waals surface area (Å²) in [5.74, 6) is 0.551. The zero-order chi connectivity index (χ0) is 20.9. The number of aldehydes is 1. The zero-order valence-electron chi connectivity index (χ0n) is 15.6. The summed E-state index contributed by atoms with van der Waals surface area (Å²) >= 11 is 0. The monoisotopic (exact) mass is 404 g/mol. The van der Waals surface area contributed by atoms with E-state index in [1.165, 1.54) is 24.3 Å². The summed E-state index contributed by atoms with van der Waals surface area (Å²) in [7, 11) is 1.59. The van der Waals surface area contributed by atoms with Crippen LogP contribution in [-0.4, -0.2) is 19.8 Å². The predicted molar refractivity (Wildman–Crippen MR) is 101 cm³/mol. The van der Waals surface area contributed by atoms with Crippen molar-refractivity contribution in [2.24, 2.45) is 5.92 Å². The minimum absolute atomic E-state index is 0.288. The Morgan fingerprint density at radius 1 is 1.00 bits per heavy atom. The molecule has 3 rings (SSSR count). The van der Waals surface area contributed by atoms with Gasteiger partial charge in [-0.3, -0.25) is 0 Å². The summed E-state index contributed by atoms with van der Waals surface area (Å²) in [6, 6.07) is 13.0. The van der Waals surface area contributed by atoms with Gasteiger partial charge in [-0.15, -0.1) is 13.2 Å². The molecule has 29 heavy (non-hydrogen) atoms. The Bertz CT molecular complexity index is 897. The van der Waals surface area contributed by atoms with Gasteiger partial charge in [0.05, 0.1) is 13.0 Å². The fourth-order valence-electron chi connectivity index (χ4n) is 2.96. The highest BCUT2D eigenvalue weighted by atomic mass is 19.4. The van der Waals surface area contributed by atoms with Crippen LogP contribution in [0.15, 0.2) is 66.4 Å². The van der Waals surface area contributed by atoms with Crippen LogP contribution in [0.3, 0.4) is 0 Å². The zero-order valence-corrected chi connectivity index (χ0v) is 15.6. The van der Waals surface area contributed by atoms with Gasteiger partial charge in [0.25, 0.3) is 0 Å². The van der Waals surface area contributed by atoms with E-state index in [1.807, 2.05) is 30.3 Å². The quantitative estimate of drug-likeness (QED) is 0.588. The number of allylic oxidation sites excluding steroid dienone is 4. The predicted octanol–water partition coefficient (Wildman–Crippen LogP) is 5.30. The van der Waals surface area contributed by atoms with Crippen LogP contribution in [-0.2, 0) is 16.1 Å². The highest BCUT2D eigenvalue weighted by molar-refractivity contribution is 5.74. The van der Waals surface area contributed by atoms with Crippen molar-refractivity contribution in [3.63, 3.8) is 0 Å². The Hall–Kier alpha value is -3.22. The molecular formula is C22H19F3O4. The molecule has 2 aromatic carbocycles. The van der Waals surface area contributed by atoms with Gasteiger partial charge in [0, 0.05) is 0 Å². The molecule has 1 atom stereocenters. The summed E-state index contributed by atoms with van der Waals surface area (Å²) in [6.45, 7) is 0.312. The molecule has 0 aromatic heterocycles. The van der Waals surface area contributed by atoms with Crippen molar-refractivity contribution in [2.75, 3.05) is 7.11 Å². The molecule has 0 saturated heterocycles. The average Bonchev–Trinajstić information content (AvgIpc) is 2.72. The molecule has 4 nitrogen and oxygen atoms in total. The van der Waals surface area contributed by atoms with Crippen LogP contribution in [0.5, 0.6) is 11.5 Å². The Morgan fingerprint density at radius 2 is 1.66 bits per heavy atom. The van der Waals surface area contributed by atoms with Crippen LogP contribution in [0, 0.1) is 5.92 Å². The molecule has 0 heterocycles. The lowest BCUT2D eigenvalue weighted by molar-refractivity contribution is -0.274. The number of alkyl halides is 3. The normalized spacial score (nSPS) is 16.5. The fraction of sp³-hybridized carbons (Fsp3) is 0.227. The summed E-state index contributed by atoms with van der Waals surface area (Å²) in [6.07, 6.45) is 0.0169. The second-order valence-corrected chi connectivity index (χ2v) is 6.42. The number of hydrogen-bond donors (Lipinski definition) is 0. The van der Waals surface area contributed by atoms with E-state index in [4.69, 9.17) is 9.47 Å². The van der Waals surface area contributed by atoms with Crippen LogP contribution < -0.4 is 9.47 Å². The Labute approximate surface area is 166 Å². The third-order valence-corrected chi connectivity index (χ3v) is 4.44. The molecule has 0 amide bonds.